The van der Waals surface area contributed by atoms with Crippen molar-refractivity contribution in [3.63, 3.8) is 0 Å². The minimum absolute atomic E-state index is 0.154. The summed E-state index contributed by atoms with van der Waals surface area (Å²) >= 11 is 0. The van der Waals surface area contributed by atoms with Gasteiger partial charge in [0, 0.05) is 19.8 Å². The first kappa shape index (κ1) is 21.1. The van der Waals surface area contributed by atoms with Gasteiger partial charge >= 0.3 is 0 Å². The Bertz CT molecular complexity index is 852. The first-order chi connectivity index (χ1) is 13.3. The largest absolute Gasteiger partial charge is 0.368 e. The second-order valence-electron chi connectivity index (χ2n) is 6.68. The Morgan fingerprint density at radius 2 is 1.61 bits per heavy atom. The molecule has 6 nitrogen and oxygen atoms in total. The molecule has 148 valence electrons. The van der Waals surface area contributed by atoms with Crippen molar-refractivity contribution in [2.75, 3.05) is 0 Å². The van der Waals surface area contributed by atoms with Gasteiger partial charge in [0.05, 0.1) is 0 Å². The van der Waals surface area contributed by atoms with Crippen LogP contribution in [0.4, 0.5) is 4.39 Å². The summed E-state index contributed by atoms with van der Waals surface area (Å²) in [6.45, 7) is 3.20. The van der Waals surface area contributed by atoms with Gasteiger partial charge in [0.25, 0.3) is 0 Å². The van der Waals surface area contributed by atoms with Crippen LogP contribution in [-0.2, 0) is 27.2 Å². The molecular formula is C21H24FN3O3. The van der Waals surface area contributed by atoms with E-state index in [0.29, 0.717) is 5.56 Å². The number of carbonyl (C=O) groups excluding carboxylic acids is 3. The molecule has 0 saturated carbocycles. The van der Waals surface area contributed by atoms with Crippen molar-refractivity contribution < 1.29 is 18.8 Å². The number of hydrogen-bond donors (Lipinski definition) is 3. The predicted molar refractivity (Wildman–Crippen MR) is 104 cm³/mol. The number of hydrogen-bond acceptors (Lipinski definition) is 3. The molecule has 0 aromatic heterocycles. The van der Waals surface area contributed by atoms with Crippen molar-refractivity contribution in [1.29, 1.82) is 0 Å². The van der Waals surface area contributed by atoms with E-state index < -0.39 is 35.6 Å². The molecule has 2 aromatic rings. The average Bonchev–Trinajstić information content (AvgIpc) is 2.63. The van der Waals surface area contributed by atoms with E-state index in [-0.39, 0.29) is 12.8 Å². The van der Waals surface area contributed by atoms with Gasteiger partial charge in [-0.25, -0.2) is 4.39 Å². The minimum Gasteiger partial charge on any atom is -0.368 e. The van der Waals surface area contributed by atoms with E-state index in [9.17, 15) is 18.8 Å². The van der Waals surface area contributed by atoms with Gasteiger partial charge in [0.15, 0.2) is 0 Å². The van der Waals surface area contributed by atoms with Crippen LogP contribution in [-0.4, -0.2) is 29.8 Å². The van der Waals surface area contributed by atoms with Gasteiger partial charge in [-0.3, -0.25) is 14.4 Å². The lowest BCUT2D eigenvalue weighted by atomic mass is 9.99. The van der Waals surface area contributed by atoms with Crippen LogP contribution >= 0.6 is 0 Å². The van der Waals surface area contributed by atoms with E-state index in [1.54, 1.807) is 0 Å². The number of carbonyl (C=O) groups is 3. The number of halogens is 1. The Balaban J connectivity index is 2.14. The molecule has 0 heterocycles. The fourth-order valence-corrected chi connectivity index (χ4v) is 2.86. The molecule has 4 N–H and O–H groups in total. The highest BCUT2D eigenvalue weighted by Gasteiger charge is 2.25. The molecule has 0 aliphatic rings. The summed E-state index contributed by atoms with van der Waals surface area (Å²) in [5, 5.41) is 5.19. The number of amides is 3. The first-order valence-corrected chi connectivity index (χ1v) is 8.92. The Labute approximate surface area is 163 Å². The van der Waals surface area contributed by atoms with Crippen LogP contribution in [0.2, 0.25) is 0 Å². The third-order valence-electron chi connectivity index (χ3n) is 4.39. The Morgan fingerprint density at radius 3 is 2.18 bits per heavy atom. The van der Waals surface area contributed by atoms with Gasteiger partial charge in [-0.2, -0.15) is 0 Å². The molecule has 2 rings (SSSR count). The number of nitrogens with one attached hydrogen (secondary N) is 2. The highest BCUT2D eigenvalue weighted by atomic mass is 19.1. The topological polar surface area (TPSA) is 101 Å². The molecule has 2 atom stereocenters. The standard InChI is InChI=1S/C21H24FN3O3/c1-13-5-3-4-6-16(13)12-18(20(23)27)25-21(28)19(24-14(2)26)11-15-7-9-17(22)10-8-15/h3-10,18-19H,11-12H2,1-2H3,(H2,23,27)(H,24,26)(H,25,28)/t18-,19+/m1/s1. The van der Waals surface area contributed by atoms with Crippen LogP contribution in [0.15, 0.2) is 48.5 Å². The van der Waals surface area contributed by atoms with Gasteiger partial charge in [0.2, 0.25) is 17.7 Å². The number of nitrogens with two attached hydrogens (primary N) is 1. The van der Waals surface area contributed by atoms with Crippen LogP contribution in [0, 0.1) is 12.7 Å². The van der Waals surface area contributed by atoms with Crippen molar-refractivity contribution in [2.45, 2.75) is 38.8 Å². The van der Waals surface area contributed by atoms with Crippen LogP contribution in [0.25, 0.3) is 0 Å². The van der Waals surface area contributed by atoms with Crippen LogP contribution < -0.4 is 16.4 Å². The number of rotatable bonds is 8. The van der Waals surface area contributed by atoms with E-state index in [0.717, 1.165) is 11.1 Å². The minimum atomic E-state index is -0.918. The average molecular weight is 385 g/mol. The van der Waals surface area contributed by atoms with Crippen molar-refractivity contribution in [2.24, 2.45) is 5.73 Å². The molecule has 7 heteroatoms. The van der Waals surface area contributed by atoms with E-state index in [1.165, 1.54) is 31.2 Å². The summed E-state index contributed by atoms with van der Waals surface area (Å²) in [4.78, 5) is 36.1. The van der Waals surface area contributed by atoms with E-state index in [4.69, 9.17) is 5.73 Å². The molecule has 0 bridgehead atoms. The molecule has 0 radical (unpaired) electrons. The SMILES string of the molecule is CC(=O)N[C@@H](Cc1ccc(F)cc1)C(=O)N[C@H](Cc1ccccc1C)C(N)=O. The Kier molecular flexibility index (Phi) is 7.26. The van der Waals surface area contributed by atoms with Crippen molar-refractivity contribution in [3.05, 3.63) is 71.0 Å². The van der Waals surface area contributed by atoms with E-state index in [2.05, 4.69) is 10.6 Å². The highest BCUT2D eigenvalue weighted by molar-refractivity contribution is 5.91. The Hall–Kier alpha value is -3.22. The van der Waals surface area contributed by atoms with Gasteiger partial charge < -0.3 is 16.4 Å². The molecule has 0 saturated heterocycles. The maximum atomic E-state index is 13.1. The van der Waals surface area contributed by atoms with Gasteiger partial charge in [-0.15, -0.1) is 0 Å². The quantitative estimate of drug-likeness (QED) is 0.640. The zero-order valence-electron chi connectivity index (χ0n) is 15.9. The smallest absolute Gasteiger partial charge is 0.243 e. The maximum absolute atomic E-state index is 13.1. The molecule has 0 aliphatic heterocycles. The van der Waals surface area contributed by atoms with Crippen molar-refractivity contribution in [1.82, 2.24) is 10.6 Å². The van der Waals surface area contributed by atoms with Crippen molar-refractivity contribution in [3.8, 4) is 0 Å². The second kappa shape index (κ2) is 9.64. The summed E-state index contributed by atoms with van der Waals surface area (Å²) in [5.74, 6) is -1.98. The third-order valence-corrected chi connectivity index (χ3v) is 4.39. The summed E-state index contributed by atoms with van der Waals surface area (Å²) in [7, 11) is 0. The first-order valence-electron chi connectivity index (χ1n) is 8.92. The number of benzene rings is 2. The second-order valence-corrected chi connectivity index (χ2v) is 6.68. The highest BCUT2D eigenvalue weighted by Crippen LogP contribution is 2.11. The fraction of sp³-hybridized carbons (Fsp3) is 0.286. The molecule has 28 heavy (non-hydrogen) atoms. The molecule has 0 spiro atoms. The normalized spacial score (nSPS) is 12.7. The van der Waals surface area contributed by atoms with E-state index >= 15 is 0 Å². The number of aryl methyl sites for hydroxylation is 1. The molecular weight excluding hydrogens is 361 g/mol. The van der Waals surface area contributed by atoms with Crippen LogP contribution in [0.1, 0.15) is 23.6 Å². The van der Waals surface area contributed by atoms with Gasteiger partial charge in [-0.05, 0) is 35.7 Å². The van der Waals surface area contributed by atoms with Crippen LogP contribution in [0.5, 0.6) is 0 Å². The fourth-order valence-electron chi connectivity index (χ4n) is 2.86. The van der Waals surface area contributed by atoms with Crippen molar-refractivity contribution >= 4 is 17.7 Å². The lowest BCUT2D eigenvalue weighted by molar-refractivity contribution is -0.130. The Morgan fingerprint density at radius 1 is 0.964 bits per heavy atom. The summed E-state index contributed by atoms with van der Waals surface area (Å²) in [6, 6.07) is 11.3. The monoisotopic (exact) mass is 385 g/mol. The molecule has 0 aliphatic carbocycles. The maximum Gasteiger partial charge on any atom is 0.243 e. The molecule has 0 unspecified atom stereocenters. The lowest BCUT2D eigenvalue weighted by Crippen LogP contribution is -2.54. The summed E-state index contributed by atoms with van der Waals surface area (Å²) in [5.41, 5.74) is 8.01. The lowest BCUT2D eigenvalue weighted by Gasteiger charge is -2.22. The van der Waals surface area contributed by atoms with Gasteiger partial charge in [-0.1, -0.05) is 36.4 Å². The summed E-state index contributed by atoms with van der Waals surface area (Å²) in [6.07, 6.45) is 0.401. The van der Waals surface area contributed by atoms with Gasteiger partial charge in [0.1, 0.15) is 17.9 Å². The predicted octanol–water partition coefficient (Wildman–Crippen LogP) is 1.39. The molecule has 3 amide bonds. The molecule has 2 aromatic carbocycles. The zero-order chi connectivity index (χ0) is 20.7. The van der Waals surface area contributed by atoms with E-state index in [1.807, 2.05) is 31.2 Å². The third kappa shape index (κ3) is 6.19. The summed E-state index contributed by atoms with van der Waals surface area (Å²) < 4.78 is 13.1. The number of primary amides is 1. The van der Waals surface area contributed by atoms with Crippen LogP contribution in [0.3, 0.4) is 0 Å². The zero-order valence-corrected chi connectivity index (χ0v) is 15.9. The molecule has 0 fully saturated rings.